The quantitative estimate of drug-likeness (QED) is 0.327. The van der Waals surface area contributed by atoms with Crippen LogP contribution < -0.4 is 16.4 Å². The van der Waals surface area contributed by atoms with Gasteiger partial charge in [0.1, 0.15) is 11.9 Å². The van der Waals surface area contributed by atoms with Crippen molar-refractivity contribution >= 4 is 34.7 Å². The normalized spacial score (nSPS) is 13.4. The Balaban J connectivity index is 1.60. The van der Waals surface area contributed by atoms with Gasteiger partial charge in [-0.2, -0.15) is 18.2 Å². The molecule has 188 valence electrons. The van der Waals surface area contributed by atoms with Crippen LogP contribution in [0.1, 0.15) is 45.5 Å². The predicted molar refractivity (Wildman–Crippen MR) is 126 cm³/mol. The lowest BCUT2D eigenvalue weighted by atomic mass is 10.1. The second kappa shape index (κ2) is 9.57. The van der Waals surface area contributed by atoms with E-state index in [1.54, 1.807) is 30.5 Å². The van der Waals surface area contributed by atoms with Gasteiger partial charge in [0.15, 0.2) is 5.65 Å². The number of rotatable bonds is 6. The van der Waals surface area contributed by atoms with Gasteiger partial charge in [-0.05, 0) is 54.6 Å². The summed E-state index contributed by atoms with van der Waals surface area (Å²) in [6.45, 7) is 2.59. The number of nitrogen functional groups attached to an aromatic ring is 1. The molecule has 1 unspecified atom stereocenters. The van der Waals surface area contributed by atoms with Crippen LogP contribution in [0.25, 0.3) is 16.8 Å². The van der Waals surface area contributed by atoms with Crippen molar-refractivity contribution in [3.05, 3.63) is 69.8 Å². The number of thiophene rings is 1. The number of nitrogens with one attached hydrogen (secondary N) is 2. The summed E-state index contributed by atoms with van der Waals surface area (Å²) in [7, 11) is 0. The summed E-state index contributed by atoms with van der Waals surface area (Å²) in [6, 6.07) is 6.23. The van der Waals surface area contributed by atoms with Gasteiger partial charge in [0.2, 0.25) is 5.95 Å². The SMILES string of the molecule is CC(NC(=O)c1cc(-c2csc(C(=O)N[C@@H](C)c3ccc(F)cc3)c2)cn2nc(N)nc12)C(F)(F)F. The molecular formula is C23H20F4N6O2S. The monoisotopic (exact) mass is 520 g/mol. The van der Waals surface area contributed by atoms with E-state index in [1.165, 1.54) is 28.9 Å². The van der Waals surface area contributed by atoms with Gasteiger partial charge >= 0.3 is 6.18 Å². The van der Waals surface area contributed by atoms with E-state index in [-0.39, 0.29) is 34.9 Å². The van der Waals surface area contributed by atoms with Crippen LogP contribution in [-0.4, -0.2) is 38.6 Å². The van der Waals surface area contributed by atoms with Crippen LogP contribution in [-0.2, 0) is 0 Å². The first kappa shape index (κ1) is 25.1. The minimum atomic E-state index is -4.63. The van der Waals surface area contributed by atoms with Crippen molar-refractivity contribution < 1.29 is 27.2 Å². The Morgan fingerprint density at radius 2 is 1.75 bits per heavy atom. The highest BCUT2D eigenvalue weighted by molar-refractivity contribution is 7.12. The highest BCUT2D eigenvalue weighted by atomic mass is 32.1. The largest absolute Gasteiger partial charge is 0.408 e. The fraction of sp³-hybridized carbons (Fsp3) is 0.217. The molecule has 2 atom stereocenters. The summed E-state index contributed by atoms with van der Waals surface area (Å²) in [4.78, 5) is 29.7. The smallest absolute Gasteiger partial charge is 0.366 e. The Bertz CT molecular complexity index is 1430. The van der Waals surface area contributed by atoms with Crippen LogP contribution in [0.4, 0.5) is 23.5 Å². The zero-order valence-corrected chi connectivity index (χ0v) is 19.7. The number of nitrogens with two attached hydrogens (primary N) is 1. The number of aromatic nitrogens is 3. The van der Waals surface area contributed by atoms with Crippen LogP contribution in [0.15, 0.2) is 48.0 Å². The summed E-state index contributed by atoms with van der Waals surface area (Å²) in [5.74, 6) is -1.91. The third-order valence-corrected chi connectivity index (χ3v) is 6.34. The Labute approximate surface area is 206 Å². The number of halogens is 4. The van der Waals surface area contributed by atoms with Crippen molar-refractivity contribution in [1.29, 1.82) is 0 Å². The van der Waals surface area contributed by atoms with E-state index >= 15 is 0 Å². The number of pyridine rings is 1. The van der Waals surface area contributed by atoms with Crippen molar-refractivity contribution in [2.24, 2.45) is 0 Å². The summed E-state index contributed by atoms with van der Waals surface area (Å²) < 4.78 is 53.2. The van der Waals surface area contributed by atoms with Crippen LogP contribution in [0, 0.1) is 5.82 Å². The molecule has 0 saturated carbocycles. The van der Waals surface area contributed by atoms with Gasteiger partial charge in [-0.3, -0.25) is 9.59 Å². The lowest BCUT2D eigenvalue weighted by molar-refractivity contribution is -0.149. The zero-order valence-electron chi connectivity index (χ0n) is 18.9. The maximum Gasteiger partial charge on any atom is 0.408 e. The van der Waals surface area contributed by atoms with Crippen molar-refractivity contribution in [1.82, 2.24) is 25.2 Å². The Hall–Kier alpha value is -4.00. The molecule has 0 aliphatic carbocycles. The molecule has 0 fully saturated rings. The van der Waals surface area contributed by atoms with E-state index in [0.717, 1.165) is 23.8 Å². The second-order valence-electron chi connectivity index (χ2n) is 8.06. The second-order valence-corrected chi connectivity index (χ2v) is 8.97. The molecule has 3 heterocycles. The average molecular weight is 521 g/mol. The van der Waals surface area contributed by atoms with Crippen molar-refractivity contribution in [3.63, 3.8) is 0 Å². The molecule has 8 nitrogen and oxygen atoms in total. The number of anilines is 1. The molecule has 0 aliphatic heterocycles. The molecule has 13 heteroatoms. The van der Waals surface area contributed by atoms with E-state index in [4.69, 9.17) is 5.73 Å². The summed E-state index contributed by atoms with van der Waals surface area (Å²) in [5, 5.41) is 10.4. The molecule has 0 spiro atoms. The van der Waals surface area contributed by atoms with Gasteiger partial charge in [-0.1, -0.05) is 12.1 Å². The highest BCUT2D eigenvalue weighted by Crippen LogP contribution is 2.29. The van der Waals surface area contributed by atoms with Gasteiger partial charge in [0.05, 0.1) is 16.5 Å². The minimum absolute atomic E-state index is 0.00977. The van der Waals surface area contributed by atoms with Crippen LogP contribution in [0.3, 0.4) is 0 Å². The van der Waals surface area contributed by atoms with Crippen LogP contribution in [0.2, 0.25) is 0 Å². The van der Waals surface area contributed by atoms with E-state index < -0.39 is 18.1 Å². The highest BCUT2D eigenvalue weighted by Gasteiger charge is 2.37. The lowest BCUT2D eigenvalue weighted by Crippen LogP contribution is -2.43. The number of hydrogen-bond donors (Lipinski definition) is 3. The standard InChI is InChI=1S/C23H20F4N6O2S/c1-11(13-3-5-16(24)6-4-13)29-21(35)18-8-15(10-36-18)14-7-17(19-31-22(28)32-33(19)9-14)20(34)30-12(2)23(25,26)27/h3-12H,1-2H3,(H2,28,32)(H,29,35)(H,30,34)/t11-,12?/m0/s1. The molecular weight excluding hydrogens is 500 g/mol. The van der Waals surface area contributed by atoms with E-state index in [0.29, 0.717) is 16.0 Å². The number of alkyl halides is 3. The maximum absolute atomic E-state index is 13.2. The molecule has 4 N–H and O–H groups in total. The molecule has 4 aromatic rings. The van der Waals surface area contributed by atoms with Crippen LogP contribution >= 0.6 is 11.3 Å². The van der Waals surface area contributed by atoms with E-state index in [2.05, 4.69) is 15.4 Å². The Morgan fingerprint density at radius 1 is 1.06 bits per heavy atom. The lowest BCUT2D eigenvalue weighted by Gasteiger charge is -2.17. The third kappa shape index (κ3) is 5.30. The topological polar surface area (TPSA) is 114 Å². The summed E-state index contributed by atoms with van der Waals surface area (Å²) in [6.07, 6.45) is -3.12. The molecule has 36 heavy (non-hydrogen) atoms. The number of amides is 2. The van der Waals surface area contributed by atoms with Gasteiger partial charge in [0, 0.05) is 11.8 Å². The molecule has 1 aromatic carbocycles. The Morgan fingerprint density at radius 3 is 2.42 bits per heavy atom. The first-order chi connectivity index (χ1) is 16.9. The van der Waals surface area contributed by atoms with Crippen molar-refractivity contribution in [3.8, 4) is 11.1 Å². The molecule has 2 amide bonds. The van der Waals surface area contributed by atoms with E-state index in [9.17, 15) is 27.2 Å². The average Bonchev–Trinajstić information content (AvgIpc) is 3.44. The zero-order chi connectivity index (χ0) is 26.2. The summed E-state index contributed by atoms with van der Waals surface area (Å²) in [5.41, 5.74) is 7.14. The minimum Gasteiger partial charge on any atom is -0.366 e. The maximum atomic E-state index is 13.2. The number of fused-ring (bicyclic) bond motifs is 1. The third-order valence-electron chi connectivity index (χ3n) is 5.41. The van der Waals surface area contributed by atoms with Gasteiger partial charge < -0.3 is 16.4 Å². The fourth-order valence-corrected chi connectivity index (χ4v) is 4.21. The molecule has 0 bridgehead atoms. The molecule has 4 rings (SSSR count). The number of carbonyl (C=O) groups is 2. The van der Waals surface area contributed by atoms with E-state index in [1.807, 2.05) is 5.32 Å². The van der Waals surface area contributed by atoms with Crippen LogP contribution in [0.5, 0.6) is 0 Å². The summed E-state index contributed by atoms with van der Waals surface area (Å²) >= 11 is 1.14. The van der Waals surface area contributed by atoms with Gasteiger partial charge in [-0.25, -0.2) is 8.91 Å². The number of benzene rings is 1. The van der Waals surface area contributed by atoms with Crippen molar-refractivity contribution in [2.75, 3.05) is 5.73 Å². The molecule has 3 aromatic heterocycles. The molecule has 0 saturated heterocycles. The first-order valence-electron chi connectivity index (χ1n) is 10.6. The fourth-order valence-electron chi connectivity index (χ4n) is 3.39. The molecule has 0 aliphatic rings. The number of nitrogens with zero attached hydrogens (tertiary/aromatic N) is 3. The van der Waals surface area contributed by atoms with Gasteiger partial charge in [-0.15, -0.1) is 16.4 Å². The van der Waals surface area contributed by atoms with Crippen molar-refractivity contribution in [2.45, 2.75) is 32.1 Å². The predicted octanol–water partition coefficient (Wildman–Crippen LogP) is 4.35. The number of hydrogen-bond acceptors (Lipinski definition) is 6. The Kier molecular flexibility index (Phi) is 6.67. The molecule has 0 radical (unpaired) electrons. The van der Waals surface area contributed by atoms with Gasteiger partial charge in [0.25, 0.3) is 11.8 Å². The number of carbonyl (C=O) groups excluding carboxylic acids is 2. The first-order valence-corrected chi connectivity index (χ1v) is 11.5.